The Kier molecular flexibility index (Phi) is 9.53. The number of carboxylic acid groups (broad SMARTS) is 1. The molecular formula is C16H28N4O6S. The first kappa shape index (κ1) is 23.2. The highest BCUT2D eigenvalue weighted by Crippen LogP contribution is 2.18. The highest BCUT2D eigenvalue weighted by atomic mass is 32.2. The molecule has 1 aliphatic heterocycles. The maximum absolute atomic E-state index is 12.4. The average Bonchev–Trinajstić information content (AvgIpc) is 3.12. The second-order valence-electron chi connectivity index (χ2n) is 6.39. The smallest absolute Gasteiger partial charge is 0.326 e. The number of nitrogens with one attached hydrogen (secondary N) is 2. The normalized spacial score (nSPS) is 19.9. The summed E-state index contributed by atoms with van der Waals surface area (Å²) in [5.41, 5.74) is 5.73. The molecule has 0 aromatic heterocycles. The molecule has 0 saturated carbocycles. The van der Waals surface area contributed by atoms with Crippen LogP contribution in [-0.2, 0) is 19.2 Å². The molecule has 1 rings (SSSR count). The first-order chi connectivity index (χ1) is 12.7. The number of carbonyl (C=O) groups excluding carboxylic acids is 3. The molecule has 10 nitrogen and oxygen atoms in total. The van der Waals surface area contributed by atoms with Crippen LogP contribution in [0.4, 0.5) is 0 Å². The van der Waals surface area contributed by atoms with E-state index in [-0.39, 0.29) is 0 Å². The molecule has 0 spiro atoms. The maximum Gasteiger partial charge on any atom is 0.326 e. The molecule has 1 fully saturated rings. The lowest BCUT2D eigenvalue weighted by Gasteiger charge is -2.26. The number of nitrogens with two attached hydrogens (primary N) is 1. The number of aliphatic hydroxyl groups is 1. The summed E-state index contributed by atoms with van der Waals surface area (Å²) >= 11 is 1.53. The zero-order valence-electron chi connectivity index (χ0n) is 15.5. The Balaban J connectivity index is 2.62. The molecule has 0 aliphatic carbocycles. The van der Waals surface area contributed by atoms with Crippen molar-refractivity contribution < 1.29 is 29.4 Å². The van der Waals surface area contributed by atoms with Gasteiger partial charge in [0.1, 0.15) is 18.1 Å². The second kappa shape index (κ2) is 11.1. The lowest BCUT2D eigenvalue weighted by molar-refractivity contribution is -0.149. The Labute approximate surface area is 162 Å². The number of carboxylic acids is 1. The lowest BCUT2D eigenvalue weighted by Crippen LogP contribution is -2.57. The Hall–Kier alpha value is -1.85. The van der Waals surface area contributed by atoms with Crippen molar-refractivity contribution in [3.8, 4) is 0 Å². The summed E-state index contributed by atoms with van der Waals surface area (Å²) in [7, 11) is 0. The van der Waals surface area contributed by atoms with E-state index in [1.54, 1.807) is 0 Å². The fraction of sp³-hybridized carbons (Fsp3) is 0.750. The number of likely N-dealkylation sites (tertiary alicyclic amines) is 1. The summed E-state index contributed by atoms with van der Waals surface area (Å²) in [5.74, 6) is -2.24. The van der Waals surface area contributed by atoms with Gasteiger partial charge in [0.25, 0.3) is 0 Å². The van der Waals surface area contributed by atoms with Crippen LogP contribution in [0.5, 0.6) is 0 Å². The van der Waals surface area contributed by atoms with Crippen molar-refractivity contribution in [2.45, 2.75) is 50.4 Å². The van der Waals surface area contributed by atoms with Crippen LogP contribution in [0.3, 0.4) is 0 Å². The van der Waals surface area contributed by atoms with Gasteiger partial charge in [0.05, 0.1) is 12.6 Å². The van der Waals surface area contributed by atoms with Gasteiger partial charge in [0, 0.05) is 6.54 Å². The molecule has 0 aromatic rings. The number of hydrogen-bond donors (Lipinski definition) is 5. The number of nitrogens with zero attached hydrogens (tertiary/aromatic N) is 1. The molecule has 1 aliphatic rings. The van der Waals surface area contributed by atoms with Crippen LogP contribution >= 0.6 is 11.8 Å². The molecule has 0 aromatic carbocycles. The molecule has 0 radical (unpaired) electrons. The standard InChI is InChI=1S/C16H28N4O6S/c1-9(15(24)20-6-3-4-12(20)16(25)26)18-14(23)11(8-21)19-13(22)10(17)5-7-27-2/h9-12,21H,3-8,17H2,1-2H3,(H,18,23)(H,19,22)(H,25,26). The molecule has 0 bridgehead atoms. The SMILES string of the molecule is CSCCC(N)C(=O)NC(CO)C(=O)NC(C)C(=O)N1CCCC1C(=O)O. The summed E-state index contributed by atoms with van der Waals surface area (Å²) in [4.78, 5) is 49.1. The Morgan fingerprint density at radius 2 is 1.93 bits per heavy atom. The average molecular weight is 404 g/mol. The monoisotopic (exact) mass is 404 g/mol. The van der Waals surface area contributed by atoms with Gasteiger partial charge < -0.3 is 31.5 Å². The second-order valence-corrected chi connectivity index (χ2v) is 7.38. The van der Waals surface area contributed by atoms with Gasteiger partial charge in [-0.3, -0.25) is 14.4 Å². The fourth-order valence-corrected chi connectivity index (χ4v) is 3.25. The van der Waals surface area contributed by atoms with E-state index in [1.165, 1.54) is 23.6 Å². The van der Waals surface area contributed by atoms with Gasteiger partial charge >= 0.3 is 5.97 Å². The van der Waals surface area contributed by atoms with Gasteiger partial charge in [-0.05, 0) is 38.2 Å². The minimum atomic E-state index is -1.25. The van der Waals surface area contributed by atoms with Gasteiger partial charge in [-0.25, -0.2) is 4.79 Å². The maximum atomic E-state index is 12.4. The Bertz CT molecular complexity index is 561. The molecule has 154 valence electrons. The van der Waals surface area contributed by atoms with Gasteiger partial charge in [0.15, 0.2) is 0 Å². The van der Waals surface area contributed by atoms with Crippen molar-refractivity contribution in [3.63, 3.8) is 0 Å². The van der Waals surface area contributed by atoms with Gasteiger partial charge in [-0.2, -0.15) is 11.8 Å². The molecule has 1 heterocycles. The van der Waals surface area contributed by atoms with Crippen molar-refractivity contribution in [2.75, 3.05) is 25.2 Å². The van der Waals surface area contributed by atoms with Crippen molar-refractivity contribution in [1.82, 2.24) is 15.5 Å². The number of hydrogen-bond acceptors (Lipinski definition) is 7. The zero-order valence-corrected chi connectivity index (χ0v) is 16.3. The molecule has 11 heteroatoms. The largest absolute Gasteiger partial charge is 0.480 e. The highest BCUT2D eigenvalue weighted by Gasteiger charge is 2.36. The van der Waals surface area contributed by atoms with E-state index in [0.717, 1.165) is 0 Å². The molecular weight excluding hydrogens is 376 g/mol. The van der Waals surface area contributed by atoms with Crippen LogP contribution in [0.25, 0.3) is 0 Å². The topological polar surface area (TPSA) is 162 Å². The summed E-state index contributed by atoms with van der Waals surface area (Å²) in [6, 6.07) is -3.95. The molecule has 27 heavy (non-hydrogen) atoms. The van der Waals surface area contributed by atoms with Gasteiger partial charge in [0.2, 0.25) is 17.7 Å². The summed E-state index contributed by atoms with van der Waals surface area (Å²) < 4.78 is 0. The summed E-state index contributed by atoms with van der Waals surface area (Å²) in [6.07, 6.45) is 3.24. The predicted octanol–water partition coefficient (Wildman–Crippen LogP) is -1.88. The van der Waals surface area contributed by atoms with E-state index in [1.807, 2.05) is 6.26 Å². The number of rotatable bonds is 10. The van der Waals surface area contributed by atoms with Crippen molar-refractivity contribution in [2.24, 2.45) is 5.73 Å². The number of carbonyl (C=O) groups is 4. The van der Waals surface area contributed by atoms with Gasteiger partial charge in [-0.1, -0.05) is 0 Å². The van der Waals surface area contributed by atoms with Crippen LogP contribution in [0, 0.1) is 0 Å². The summed E-state index contributed by atoms with van der Waals surface area (Å²) in [5, 5.41) is 23.3. The van der Waals surface area contributed by atoms with Crippen molar-refractivity contribution >= 4 is 35.5 Å². The quantitative estimate of drug-likeness (QED) is 0.283. The fourth-order valence-electron chi connectivity index (χ4n) is 2.76. The molecule has 4 atom stereocenters. The van der Waals surface area contributed by atoms with E-state index in [4.69, 9.17) is 10.8 Å². The first-order valence-corrected chi connectivity index (χ1v) is 10.1. The van der Waals surface area contributed by atoms with Crippen LogP contribution in [-0.4, -0.2) is 88.1 Å². The van der Waals surface area contributed by atoms with E-state index < -0.39 is 54.5 Å². The Morgan fingerprint density at radius 1 is 1.26 bits per heavy atom. The predicted molar refractivity (Wildman–Crippen MR) is 100.0 cm³/mol. The lowest BCUT2D eigenvalue weighted by atomic mass is 10.1. The number of thioether (sulfide) groups is 1. The third kappa shape index (κ3) is 6.67. The van der Waals surface area contributed by atoms with Gasteiger partial charge in [-0.15, -0.1) is 0 Å². The van der Waals surface area contributed by atoms with E-state index in [9.17, 15) is 24.3 Å². The van der Waals surface area contributed by atoms with Crippen LogP contribution in [0.2, 0.25) is 0 Å². The number of amides is 3. The van der Waals surface area contributed by atoms with E-state index in [0.29, 0.717) is 31.6 Å². The van der Waals surface area contributed by atoms with E-state index in [2.05, 4.69) is 10.6 Å². The number of aliphatic carboxylic acids is 1. The molecule has 3 amide bonds. The minimum Gasteiger partial charge on any atom is -0.480 e. The third-order valence-electron chi connectivity index (χ3n) is 4.34. The molecule has 6 N–H and O–H groups in total. The van der Waals surface area contributed by atoms with Crippen LogP contribution in [0.1, 0.15) is 26.2 Å². The van der Waals surface area contributed by atoms with E-state index >= 15 is 0 Å². The number of aliphatic hydroxyl groups excluding tert-OH is 1. The Morgan fingerprint density at radius 3 is 2.48 bits per heavy atom. The van der Waals surface area contributed by atoms with Crippen LogP contribution in [0.15, 0.2) is 0 Å². The molecule has 1 saturated heterocycles. The van der Waals surface area contributed by atoms with Crippen molar-refractivity contribution in [1.29, 1.82) is 0 Å². The highest BCUT2D eigenvalue weighted by molar-refractivity contribution is 7.98. The molecule has 4 unspecified atom stereocenters. The van der Waals surface area contributed by atoms with Crippen molar-refractivity contribution in [3.05, 3.63) is 0 Å². The zero-order chi connectivity index (χ0) is 20.6. The summed E-state index contributed by atoms with van der Waals surface area (Å²) in [6.45, 7) is 1.08. The third-order valence-corrected chi connectivity index (χ3v) is 4.98. The van der Waals surface area contributed by atoms with Crippen LogP contribution < -0.4 is 16.4 Å². The first-order valence-electron chi connectivity index (χ1n) is 8.72. The minimum absolute atomic E-state index is 0.306.